The maximum atomic E-state index is 12.9. The third-order valence-electron chi connectivity index (χ3n) is 3.83. The standard InChI is InChI=1S/C14H20FNO2/c15-12-4-1-5-13(9-12)18-8-6-11-3-2-7-14(11,16)10-17/h1,4-5,9,11,17H,2-3,6-8,10,16H2. The third-order valence-corrected chi connectivity index (χ3v) is 3.83. The van der Waals surface area contributed by atoms with E-state index in [9.17, 15) is 9.50 Å². The van der Waals surface area contributed by atoms with Crippen molar-refractivity contribution in [1.29, 1.82) is 0 Å². The van der Waals surface area contributed by atoms with Gasteiger partial charge in [0, 0.05) is 11.6 Å². The van der Waals surface area contributed by atoms with E-state index >= 15 is 0 Å². The Balaban J connectivity index is 1.82. The molecule has 0 aliphatic heterocycles. The van der Waals surface area contributed by atoms with E-state index in [0.717, 1.165) is 25.7 Å². The van der Waals surface area contributed by atoms with Crippen LogP contribution in [0.1, 0.15) is 25.7 Å². The first-order valence-electron chi connectivity index (χ1n) is 6.42. The highest BCUT2D eigenvalue weighted by Gasteiger charge is 2.38. The van der Waals surface area contributed by atoms with Crippen LogP contribution in [0.15, 0.2) is 24.3 Å². The Morgan fingerprint density at radius 2 is 2.33 bits per heavy atom. The summed E-state index contributed by atoms with van der Waals surface area (Å²) in [5.74, 6) is 0.535. The highest BCUT2D eigenvalue weighted by molar-refractivity contribution is 5.22. The van der Waals surface area contributed by atoms with Gasteiger partial charge in [0.2, 0.25) is 0 Å². The molecule has 2 rings (SSSR count). The van der Waals surface area contributed by atoms with Gasteiger partial charge in [0.15, 0.2) is 0 Å². The van der Waals surface area contributed by atoms with Gasteiger partial charge in [-0.05, 0) is 37.3 Å². The van der Waals surface area contributed by atoms with Crippen LogP contribution in [0.25, 0.3) is 0 Å². The van der Waals surface area contributed by atoms with Crippen molar-refractivity contribution in [3.8, 4) is 5.75 Å². The van der Waals surface area contributed by atoms with Crippen LogP contribution in [-0.4, -0.2) is 23.9 Å². The van der Waals surface area contributed by atoms with Gasteiger partial charge in [0.05, 0.1) is 13.2 Å². The molecule has 0 saturated heterocycles. The van der Waals surface area contributed by atoms with Gasteiger partial charge in [0.1, 0.15) is 11.6 Å². The van der Waals surface area contributed by atoms with Crippen LogP contribution in [0.4, 0.5) is 4.39 Å². The molecule has 2 unspecified atom stereocenters. The van der Waals surface area contributed by atoms with Crippen LogP contribution in [-0.2, 0) is 0 Å². The molecule has 1 fully saturated rings. The number of aliphatic hydroxyl groups excluding tert-OH is 1. The molecule has 1 aliphatic carbocycles. The van der Waals surface area contributed by atoms with E-state index in [1.165, 1.54) is 12.1 Å². The summed E-state index contributed by atoms with van der Waals surface area (Å²) in [5, 5.41) is 9.33. The van der Waals surface area contributed by atoms with Crippen LogP contribution in [0.2, 0.25) is 0 Å². The van der Waals surface area contributed by atoms with Crippen molar-refractivity contribution >= 4 is 0 Å². The topological polar surface area (TPSA) is 55.5 Å². The summed E-state index contributed by atoms with van der Waals surface area (Å²) in [7, 11) is 0. The summed E-state index contributed by atoms with van der Waals surface area (Å²) in [6.07, 6.45) is 3.76. The van der Waals surface area contributed by atoms with Crippen LogP contribution in [0.3, 0.4) is 0 Å². The summed E-state index contributed by atoms with van der Waals surface area (Å²) in [6, 6.07) is 6.12. The van der Waals surface area contributed by atoms with Gasteiger partial charge in [-0.25, -0.2) is 4.39 Å². The summed E-state index contributed by atoms with van der Waals surface area (Å²) in [5.41, 5.74) is 5.69. The first-order valence-corrected chi connectivity index (χ1v) is 6.42. The van der Waals surface area contributed by atoms with Gasteiger partial charge < -0.3 is 15.6 Å². The lowest BCUT2D eigenvalue weighted by atomic mass is 9.87. The second-order valence-corrected chi connectivity index (χ2v) is 5.07. The molecule has 100 valence electrons. The van der Waals surface area contributed by atoms with E-state index < -0.39 is 5.54 Å². The predicted molar refractivity (Wildman–Crippen MR) is 67.9 cm³/mol. The van der Waals surface area contributed by atoms with E-state index in [0.29, 0.717) is 12.4 Å². The average molecular weight is 253 g/mol. The molecule has 0 radical (unpaired) electrons. The molecule has 0 amide bonds. The fraction of sp³-hybridized carbons (Fsp3) is 0.571. The molecule has 1 aromatic carbocycles. The highest BCUT2D eigenvalue weighted by atomic mass is 19.1. The summed E-state index contributed by atoms with van der Waals surface area (Å²) >= 11 is 0. The predicted octanol–water partition coefficient (Wildman–Crippen LogP) is 2.08. The first-order chi connectivity index (χ1) is 8.64. The maximum Gasteiger partial charge on any atom is 0.126 e. The molecular weight excluding hydrogens is 233 g/mol. The minimum Gasteiger partial charge on any atom is -0.493 e. The lowest BCUT2D eigenvalue weighted by molar-refractivity contribution is 0.143. The minimum absolute atomic E-state index is 0.0254. The highest BCUT2D eigenvalue weighted by Crippen LogP contribution is 2.35. The molecule has 1 saturated carbocycles. The van der Waals surface area contributed by atoms with Crippen molar-refractivity contribution in [2.24, 2.45) is 11.7 Å². The molecule has 0 spiro atoms. The third kappa shape index (κ3) is 3.00. The molecule has 0 heterocycles. The van der Waals surface area contributed by atoms with E-state index in [4.69, 9.17) is 10.5 Å². The average Bonchev–Trinajstić information content (AvgIpc) is 2.72. The van der Waals surface area contributed by atoms with Crippen LogP contribution in [0.5, 0.6) is 5.75 Å². The van der Waals surface area contributed by atoms with Crippen LogP contribution in [0, 0.1) is 11.7 Å². The molecule has 4 heteroatoms. The molecular formula is C14H20FNO2. The second kappa shape index (κ2) is 5.67. The zero-order chi connectivity index (χ0) is 13.0. The molecule has 0 bridgehead atoms. The van der Waals surface area contributed by atoms with Crippen molar-refractivity contribution in [1.82, 2.24) is 0 Å². The quantitative estimate of drug-likeness (QED) is 0.844. The van der Waals surface area contributed by atoms with Crippen molar-refractivity contribution in [3.63, 3.8) is 0 Å². The summed E-state index contributed by atoms with van der Waals surface area (Å²) in [4.78, 5) is 0. The fourth-order valence-electron chi connectivity index (χ4n) is 2.68. The largest absolute Gasteiger partial charge is 0.493 e. The Hall–Kier alpha value is -1.13. The fourth-order valence-corrected chi connectivity index (χ4v) is 2.68. The zero-order valence-electron chi connectivity index (χ0n) is 10.4. The molecule has 3 N–H and O–H groups in total. The van der Waals surface area contributed by atoms with Crippen molar-refractivity contribution in [3.05, 3.63) is 30.1 Å². The number of aliphatic hydroxyl groups is 1. The van der Waals surface area contributed by atoms with Crippen LogP contribution < -0.4 is 10.5 Å². The number of ether oxygens (including phenoxy) is 1. The van der Waals surface area contributed by atoms with E-state index in [1.807, 2.05) is 0 Å². The van der Waals surface area contributed by atoms with Gasteiger partial charge in [0.25, 0.3) is 0 Å². The monoisotopic (exact) mass is 253 g/mol. The number of nitrogens with two attached hydrogens (primary N) is 1. The van der Waals surface area contributed by atoms with Crippen LogP contribution >= 0.6 is 0 Å². The minimum atomic E-state index is -0.453. The van der Waals surface area contributed by atoms with Gasteiger partial charge in [-0.15, -0.1) is 0 Å². The Kier molecular flexibility index (Phi) is 4.19. The van der Waals surface area contributed by atoms with E-state index in [1.54, 1.807) is 12.1 Å². The molecule has 18 heavy (non-hydrogen) atoms. The molecule has 2 atom stereocenters. The summed E-state index contributed by atoms with van der Waals surface area (Å²) < 4.78 is 18.4. The van der Waals surface area contributed by atoms with Gasteiger partial charge in [-0.1, -0.05) is 12.5 Å². The van der Waals surface area contributed by atoms with E-state index in [2.05, 4.69) is 0 Å². The molecule has 3 nitrogen and oxygen atoms in total. The Labute approximate surface area is 107 Å². The molecule has 0 aromatic heterocycles. The van der Waals surface area contributed by atoms with Gasteiger partial charge in [-0.2, -0.15) is 0 Å². The molecule has 1 aromatic rings. The first kappa shape index (κ1) is 13.3. The Bertz CT molecular complexity index is 399. The SMILES string of the molecule is NC1(CO)CCCC1CCOc1cccc(F)c1. The van der Waals surface area contributed by atoms with Gasteiger partial charge >= 0.3 is 0 Å². The maximum absolute atomic E-state index is 12.9. The van der Waals surface area contributed by atoms with Crippen molar-refractivity contribution in [2.75, 3.05) is 13.2 Å². The second-order valence-electron chi connectivity index (χ2n) is 5.07. The number of hydrogen-bond donors (Lipinski definition) is 2. The number of hydrogen-bond acceptors (Lipinski definition) is 3. The number of rotatable bonds is 5. The molecule has 1 aliphatic rings. The Morgan fingerprint density at radius 3 is 3.06 bits per heavy atom. The lowest BCUT2D eigenvalue weighted by Crippen LogP contribution is -2.47. The Morgan fingerprint density at radius 1 is 1.50 bits per heavy atom. The van der Waals surface area contributed by atoms with Crippen molar-refractivity contribution in [2.45, 2.75) is 31.2 Å². The van der Waals surface area contributed by atoms with Gasteiger partial charge in [-0.3, -0.25) is 0 Å². The van der Waals surface area contributed by atoms with Crippen molar-refractivity contribution < 1.29 is 14.2 Å². The smallest absolute Gasteiger partial charge is 0.126 e. The van der Waals surface area contributed by atoms with E-state index in [-0.39, 0.29) is 18.3 Å². The lowest BCUT2D eigenvalue weighted by Gasteiger charge is -2.29. The normalized spacial score (nSPS) is 27.4. The summed E-state index contributed by atoms with van der Waals surface area (Å²) in [6.45, 7) is 0.532. The number of benzene rings is 1. The zero-order valence-corrected chi connectivity index (χ0v) is 10.4. The number of halogens is 1.